The van der Waals surface area contributed by atoms with Gasteiger partial charge in [0.05, 0.1) is 0 Å². The molecule has 0 heterocycles. The molecule has 0 saturated heterocycles. The van der Waals surface area contributed by atoms with Gasteiger partial charge in [-0.05, 0) is 0 Å². The van der Waals surface area contributed by atoms with Crippen LogP contribution in [0.3, 0.4) is 0 Å². The van der Waals surface area contributed by atoms with Crippen LogP contribution in [0.15, 0.2) is 0 Å². The Balaban J connectivity index is 0. The van der Waals surface area contributed by atoms with E-state index in [2.05, 4.69) is 12.6 Å². The van der Waals surface area contributed by atoms with E-state index in [-0.39, 0.29) is 6.15 Å². The first-order chi connectivity index (χ1) is 1.73. The largest absolute Gasteiger partial charge is 0.473 e. The Hall–Kier alpha value is -0.220. The predicted molar refractivity (Wildman–Crippen MR) is 19.1 cm³/mol. The molecule has 0 aliphatic rings. The van der Waals surface area contributed by atoms with Crippen LogP contribution in [-0.2, 0) is 0 Å². The molecule has 0 unspecified atom stereocenters. The Labute approximate surface area is 35.0 Å². The Morgan fingerprint density at radius 3 is 1.80 bits per heavy atom. The van der Waals surface area contributed by atoms with Gasteiger partial charge in [0.2, 0.25) is 0 Å². The molecule has 0 aromatic heterocycles. The highest BCUT2D eigenvalue weighted by atomic mass is 32.1. The van der Waals surface area contributed by atoms with E-state index in [1.54, 1.807) is 0 Å². The molecule has 0 bridgehead atoms. The highest BCUT2D eigenvalue weighted by Crippen LogP contribution is 1.66. The molecule has 0 fully saturated rings. The second-order valence-corrected chi connectivity index (χ2v) is 0.665. The van der Waals surface area contributed by atoms with Crippen molar-refractivity contribution in [3.8, 4) is 0 Å². The first-order valence-corrected chi connectivity index (χ1v) is 1.10. The van der Waals surface area contributed by atoms with Crippen LogP contribution in [-0.4, -0.2) is 10.4 Å². The van der Waals surface area contributed by atoms with Crippen molar-refractivity contribution in [2.24, 2.45) is 0 Å². The number of carboxylic acid groups (broad SMARTS) is 1. The van der Waals surface area contributed by atoms with Gasteiger partial charge in [-0.2, -0.15) is 0 Å². The molecule has 0 aliphatic heterocycles. The van der Waals surface area contributed by atoms with Gasteiger partial charge in [-0.15, -0.1) is 0 Å². The lowest BCUT2D eigenvalue weighted by molar-refractivity contribution is 0.222. The minimum absolute atomic E-state index is 0. The monoisotopic (exact) mass is 92.0 g/mol. The average Bonchev–Trinajstić information content (AvgIpc) is 0.811. The number of hydrogen-bond donors (Lipinski definition) is 2. The van der Waals surface area contributed by atoms with E-state index in [1.165, 1.54) is 0 Å². The van der Waals surface area contributed by atoms with E-state index in [1.807, 2.05) is 0 Å². The molecule has 0 amide bonds. The molecule has 3 radical (unpaired) electrons. The van der Waals surface area contributed by atoms with E-state index in [0.717, 1.165) is 0 Å². The van der Waals surface area contributed by atoms with Crippen LogP contribution in [0.5, 0.6) is 0 Å². The molecule has 0 aliphatic carbocycles. The zero-order valence-corrected chi connectivity index (χ0v) is 3.14. The maximum atomic E-state index is 8.86. The molecule has 0 spiro atoms. The Bertz CT molecular complexity index is 32.6. The average molecular weight is 92.1 g/mol. The summed E-state index contributed by atoms with van der Waals surface area (Å²) >= 11 is 2.88. The molecule has 0 saturated carbocycles. The first-order valence-electron chi connectivity index (χ1n) is 0.651. The SMILES string of the molecule is O=C(O)S.[N]. The summed E-state index contributed by atoms with van der Waals surface area (Å²) in [6.07, 6.45) is 0. The zero-order chi connectivity index (χ0) is 3.58. The quantitative estimate of drug-likeness (QED) is 0.416. The Morgan fingerprint density at radius 2 is 1.80 bits per heavy atom. The summed E-state index contributed by atoms with van der Waals surface area (Å²) in [5.74, 6) is 0. The van der Waals surface area contributed by atoms with Gasteiger partial charge in [0.25, 0.3) is 0 Å². The van der Waals surface area contributed by atoms with Crippen molar-refractivity contribution in [3.63, 3.8) is 0 Å². The van der Waals surface area contributed by atoms with Gasteiger partial charge in [-0.1, -0.05) is 12.6 Å². The van der Waals surface area contributed by atoms with Crippen molar-refractivity contribution in [1.82, 2.24) is 6.15 Å². The number of rotatable bonds is 0. The second kappa shape index (κ2) is 3.78. The summed E-state index contributed by atoms with van der Waals surface area (Å²) in [5.41, 5.74) is 0. The van der Waals surface area contributed by atoms with Crippen molar-refractivity contribution in [2.75, 3.05) is 0 Å². The van der Waals surface area contributed by atoms with Crippen LogP contribution in [0.1, 0.15) is 0 Å². The Kier molecular flexibility index (Phi) is 6.68. The van der Waals surface area contributed by atoms with Crippen LogP contribution in [0.4, 0.5) is 4.79 Å². The zero-order valence-electron chi connectivity index (χ0n) is 2.25. The molecule has 3 nitrogen and oxygen atoms in total. The summed E-state index contributed by atoms with van der Waals surface area (Å²) in [7, 11) is 0. The fraction of sp³-hybridized carbons (Fsp3) is 0. The van der Waals surface area contributed by atoms with Gasteiger partial charge >= 0.3 is 5.30 Å². The lowest BCUT2D eigenvalue weighted by Crippen LogP contribution is -1.67. The standard InChI is InChI=1S/CH2O2S.N/c2-1(3)4;/h4H,(H,2,3);. The first kappa shape index (κ1) is 8.84. The van der Waals surface area contributed by atoms with Gasteiger partial charge in [0, 0.05) is 6.15 Å². The molecule has 29 valence electrons. The topological polar surface area (TPSA) is 67.8 Å². The summed E-state index contributed by atoms with van der Waals surface area (Å²) in [6.45, 7) is 0. The molecular weight excluding hydrogens is 90.1 g/mol. The van der Waals surface area contributed by atoms with Crippen molar-refractivity contribution in [1.29, 1.82) is 0 Å². The van der Waals surface area contributed by atoms with E-state index in [9.17, 15) is 0 Å². The van der Waals surface area contributed by atoms with Gasteiger partial charge in [-0.3, -0.25) is 0 Å². The highest BCUT2D eigenvalue weighted by Gasteiger charge is 1.67. The normalized spacial score (nSPS) is 5.00. The van der Waals surface area contributed by atoms with Crippen molar-refractivity contribution >= 4 is 17.9 Å². The third-order valence-electron chi connectivity index (χ3n) is 0. The number of thiol groups is 1. The smallest absolute Gasteiger partial charge is 0.361 e. The molecule has 1 N–H and O–H groups in total. The summed E-state index contributed by atoms with van der Waals surface area (Å²) < 4.78 is 0. The van der Waals surface area contributed by atoms with E-state index in [0.29, 0.717) is 0 Å². The van der Waals surface area contributed by atoms with Gasteiger partial charge in [-0.25, -0.2) is 4.79 Å². The van der Waals surface area contributed by atoms with Crippen LogP contribution in [0.25, 0.3) is 0 Å². The highest BCUT2D eigenvalue weighted by molar-refractivity contribution is 7.96. The summed E-state index contributed by atoms with van der Waals surface area (Å²) in [4.78, 5) is 8.86. The van der Waals surface area contributed by atoms with E-state index >= 15 is 0 Å². The van der Waals surface area contributed by atoms with Crippen molar-refractivity contribution in [3.05, 3.63) is 0 Å². The molecule has 0 atom stereocenters. The minimum atomic E-state index is -1.14. The van der Waals surface area contributed by atoms with Crippen LogP contribution >= 0.6 is 12.6 Å². The van der Waals surface area contributed by atoms with E-state index < -0.39 is 5.30 Å². The van der Waals surface area contributed by atoms with E-state index in [4.69, 9.17) is 9.90 Å². The predicted octanol–water partition coefficient (Wildman–Crippen LogP) is 0.114. The second-order valence-electron chi connectivity index (χ2n) is 0.283. The van der Waals surface area contributed by atoms with Crippen LogP contribution in [0, 0.1) is 0 Å². The summed E-state index contributed by atoms with van der Waals surface area (Å²) in [5, 5.41) is 6.14. The fourth-order valence-electron chi connectivity index (χ4n) is 0. The number of nitrogens with zero attached hydrogens (tertiary/aromatic N) is 1. The maximum absolute atomic E-state index is 8.86. The lowest BCUT2D eigenvalue weighted by Gasteiger charge is -1.58. The maximum Gasteiger partial charge on any atom is 0.361 e. The molecule has 0 rings (SSSR count). The fourth-order valence-corrected chi connectivity index (χ4v) is 0. The van der Waals surface area contributed by atoms with Crippen molar-refractivity contribution in [2.45, 2.75) is 0 Å². The van der Waals surface area contributed by atoms with Crippen molar-refractivity contribution < 1.29 is 9.90 Å². The number of hydrogen-bond acceptors (Lipinski definition) is 1. The number of carbonyl (C=O) groups is 1. The third kappa shape index (κ3) is 247. The van der Waals surface area contributed by atoms with Gasteiger partial charge < -0.3 is 5.11 Å². The summed E-state index contributed by atoms with van der Waals surface area (Å²) in [6, 6.07) is 0. The molecule has 0 aromatic rings. The van der Waals surface area contributed by atoms with Gasteiger partial charge in [0.1, 0.15) is 0 Å². The Morgan fingerprint density at radius 1 is 1.80 bits per heavy atom. The van der Waals surface area contributed by atoms with Crippen LogP contribution < -0.4 is 6.15 Å². The minimum Gasteiger partial charge on any atom is -0.473 e. The molecule has 0 aromatic carbocycles. The lowest BCUT2D eigenvalue weighted by atomic mass is 11.6. The third-order valence-corrected chi connectivity index (χ3v) is 0. The van der Waals surface area contributed by atoms with Gasteiger partial charge in [0.15, 0.2) is 0 Å². The van der Waals surface area contributed by atoms with Crippen LogP contribution in [0.2, 0.25) is 0 Å². The molecule has 5 heavy (non-hydrogen) atoms. The molecule has 4 heteroatoms. The molecular formula is CH2NO2S.